The van der Waals surface area contributed by atoms with E-state index in [-0.39, 0.29) is 5.54 Å². The quantitative estimate of drug-likeness (QED) is 0.819. The molecule has 1 saturated carbocycles. The second kappa shape index (κ2) is 5.78. The molecule has 2 N–H and O–H groups in total. The number of nitrogens with two attached hydrogens (primary N) is 1. The Hall–Kier alpha value is -0.970. The van der Waals surface area contributed by atoms with Gasteiger partial charge in [-0.15, -0.1) is 0 Å². The van der Waals surface area contributed by atoms with Gasteiger partial charge in [-0.25, -0.2) is 0 Å². The molecule has 0 radical (unpaired) electrons. The molecule has 0 bridgehead atoms. The third-order valence-electron chi connectivity index (χ3n) is 4.22. The lowest BCUT2D eigenvalue weighted by Gasteiger charge is -2.52. The number of ether oxygens (including phenoxy) is 1. The van der Waals surface area contributed by atoms with Gasteiger partial charge in [-0.05, 0) is 44.0 Å². The third kappa shape index (κ3) is 2.71. The lowest BCUT2D eigenvalue weighted by Crippen LogP contribution is -2.63. The topological polar surface area (TPSA) is 51.4 Å². The van der Waals surface area contributed by atoms with Gasteiger partial charge in [-0.2, -0.15) is 0 Å². The molecule has 2 rings (SSSR count). The lowest BCUT2D eigenvalue weighted by atomic mass is 9.73. The average Bonchev–Trinajstić information content (AvgIpc) is 2.37. The van der Waals surface area contributed by atoms with Crippen LogP contribution < -0.4 is 5.73 Å². The summed E-state index contributed by atoms with van der Waals surface area (Å²) in [6, 6.07) is 4.14. The van der Waals surface area contributed by atoms with Gasteiger partial charge in [0.25, 0.3) is 0 Å². The van der Waals surface area contributed by atoms with E-state index in [2.05, 4.69) is 29.1 Å². The summed E-state index contributed by atoms with van der Waals surface area (Å²) in [5, 5.41) is 0. The molecular weight excluding hydrogens is 226 g/mol. The van der Waals surface area contributed by atoms with Crippen LogP contribution in [-0.2, 0) is 11.2 Å². The highest BCUT2D eigenvalue weighted by atomic mass is 16.5. The summed E-state index contributed by atoms with van der Waals surface area (Å²) in [6.07, 6.45) is 7.21. The Kier molecular flexibility index (Phi) is 4.32. The molecule has 1 heterocycles. The molecule has 0 aromatic carbocycles. The molecule has 1 aliphatic rings. The summed E-state index contributed by atoms with van der Waals surface area (Å²) in [6.45, 7) is 1.73. The molecule has 0 amide bonds. The van der Waals surface area contributed by atoms with Crippen molar-refractivity contribution in [1.29, 1.82) is 0 Å². The van der Waals surface area contributed by atoms with Crippen LogP contribution in [0.15, 0.2) is 24.5 Å². The predicted octanol–water partition coefficient (Wildman–Crippen LogP) is 1.06. The fourth-order valence-corrected chi connectivity index (χ4v) is 2.67. The van der Waals surface area contributed by atoms with Crippen LogP contribution in [0.3, 0.4) is 0 Å². The Morgan fingerprint density at radius 1 is 1.44 bits per heavy atom. The van der Waals surface area contributed by atoms with E-state index in [4.69, 9.17) is 10.5 Å². The van der Waals surface area contributed by atoms with Crippen LogP contribution in [0.5, 0.6) is 0 Å². The second-order valence-corrected chi connectivity index (χ2v) is 5.22. The molecule has 100 valence electrons. The highest BCUT2D eigenvalue weighted by molar-refractivity contribution is 5.11. The minimum atomic E-state index is 0.147. The molecule has 1 fully saturated rings. The molecule has 0 aliphatic heterocycles. The zero-order chi connectivity index (χ0) is 13.0. The van der Waals surface area contributed by atoms with Crippen LogP contribution in [0.1, 0.15) is 18.4 Å². The van der Waals surface area contributed by atoms with Crippen LogP contribution in [0.2, 0.25) is 0 Å². The van der Waals surface area contributed by atoms with Gasteiger partial charge in [0, 0.05) is 38.1 Å². The van der Waals surface area contributed by atoms with Gasteiger partial charge in [0.15, 0.2) is 0 Å². The zero-order valence-electron chi connectivity index (χ0n) is 11.3. The molecule has 0 atom stereocenters. The van der Waals surface area contributed by atoms with Crippen molar-refractivity contribution < 1.29 is 4.74 Å². The number of aromatic nitrogens is 1. The van der Waals surface area contributed by atoms with E-state index in [0.717, 1.165) is 25.8 Å². The van der Waals surface area contributed by atoms with Gasteiger partial charge >= 0.3 is 0 Å². The normalized spacial score (nSPS) is 27.2. The first-order valence-corrected chi connectivity index (χ1v) is 6.53. The van der Waals surface area contributed by atoms with E-state index in [1.807, 2.05) is 12.4 Å². The first-order chi connectivity index (χ1) is 8.70. The summed E-state index contributed by atoms with van der Waals surface area (Å²) >= 11 is 0. The molecule has 0 saturated heterocycles. The van der Waals surface area contributed by atoms with Gasteiger partial charge in [0.1, 0.15) is 0 Å². The number of hydrogen-bond donors (Lipinski definition) is 1. The summed E-state index contributed by atoms with van der Waals surface area (Å²) in [7, 11) is 3.95. The van der Waals surface area contributed by atoms with Crippen LogP contribution in [-0.4, -0.2) is 48.8 Å². The Balaban J connectivity index is 1.86. The largest absolute Gasteiger partial charge is 0.381 e. The fourth-order valence-electron chi connectivity index (χ4n) is 2.67. The van der Waals surface area contributed by atoms with Crippen LogP contribution in [0.25, 0.3) is 0 Å². The molecule has 18 heavy (non-hydrogen) atoms. The highest BCUT2D eigenvalue weighted by Gasteiger charge is 2.46. The number of methoxy groups -OCH3 is 1. The molecular formula is C14H23N3O. The standard InChI is InChI=1S/C14H23N3O/c1-17(8-5-12-3-6-16-7-4-12)14(11-15)9-13(10-14)18-2/h3-4,6-7,13H,5,8-11,15H2,1-2H3. The Bertz CT molecular complexity index is 363. The average molecular weight is 249 g/mol. The van der Waals surface area contributed by atoms with E-state index >= 15 is 0 Å². The zero-order valence-corrected chi connectivity index (χ0v) is 11.3. The fraction of sp³-hybridized carbons (Fsp3) is 0.643. The Morgan fingerprint density at radius 2 is 2.11 bits per heavy atom. The first kappa shape index (κ1) is 13.5. The maximum atomic E-state index is 5.95. The molecule has 4 heteroatoms. The maximum Gasteiger partial charge on any atom is 0.0607 e. The van der Waals surface area contributed by atoms with Crippen molar-refractivity contribution in [2.24, 2.45) is 5.73 Å². The van der Waals surface area contributed by atoms with Gasteiger partial charge in [0.05, 0.1) is 6.10 Å². The summed E-state index contributed by atoms with van der Waals surface area (Å²) < 4.78 is 5.37. The Morgan fingerprint density at radius 3 is 2.67 bits per heavy atom. The monoisotopic (exact) mass is 249 g/mol. The van der Waals surface area contributed by atoms with Gasteiger partial charge in [-0.3, -0.25) is 9.88 Å². The van der Waals surface area contributed by atoms with Gasteiger partial charge in [0.2, 0.25) is 0 Å². The van der Waals surface area contributed by atoms with E-state index in [1.165, 1.54) is 5.56 Å². The number of rotatable bonds is 6. The lowest BCUT2D eigenvalue weighted by molar-refractivity contribution is -0.0778. The minimum Gasteiger partial charge on any atom is -0.381 e. The van der Waals surface area contributed by atoms with Crippen LogP contribution in [0, 0.1) is 0 Å². The van der Waals surface area contributed by atoms with E-state index in [0.29, 0.717) is 12.6 Å². The van der Waals surface area contributed by atoms with Crippen molar-refractivity contribution >= 4 is 0 Å². The maximum absolute atomic E-state index is 5.95. The van der Waals surface area contributed by atoms with Crippen LogP contribution in [0.4, 0.5) is 0 Å². The van der Waals surface area contributed by atoms with Gasteiger partial charge < -0.3 is 10.5 Å². The van der Waals surface area contributed by atoms with Gasteiger partial charge in [-0.1, -0.05) is 0 Å². The third-order valence-corrected chi connectivity index (χ3v) is 4.22. The summed E-state index contributed by atoms with van der Waals surface area (Å²) in [5.74, 6) is 0. The number of likely N-dealkylation sites (N-methyl/N-ethyl adjacent to an activating group) is 1. The smallest absolute Gasteiger partial charge is 0.0607 e. The number of hydrogen-bond acceptors (Lipinski definition) is 4. The van der Waals surface area contributed by atoms with E-state index in [1.54, 1.807) is 7.11 Å². The van der Waals surface area contributed by atoms with Crippen molar-refractivity contribution in [3.63, 3.8) is 0 Å². The molecule has 1 aliphatic carbocycles. The molecule has 0 unspecified atom stereocenters. The molecule has 1 aromatic rings. The molecule has 1 aromatic heterocycles. The molecule has 0 spiro atoms. The summed E-state index contributed by atoms with van der Waals surface area (Å²) in [4.78, 5) is 6.43. The minimum absolute atomic E-state index is 0.147. The second-order valence-electron chi connectivity index (χ2n) is 5.22. The SMILES string of the molecule is COC1CC(CN)(N(C)CCc2ccncc2)C1. The van der Waals surface area contributed by atoms with Crippen molar-refractivity contribution in [2.45, 2.75) is 30.9 Å². The molecule has 4 nitrogen and oxygen atoms in total. The Labute approximate surface area is 109 Å². The van der Waals surface area contributed by atoms with Crippen molar-refractivity contribution in [2.75, 3.05) is 27.2 Å². The van der Waals surface area contributed by atoms with Crippen molar-refractivity contribution in [3.05, 3.63) is 30.1 Å². The predicted molar refractivity (Wildman–Crippen MR) is 72.4 cm³/mol. The van der Waals surface area contributed by atoms with Crippen LogP contribution >= 0.6 is 0 Å². The van der Waals surface area contributed by atoms with E-state index in [9.17, 15) is 0 Å². The van der Waals surface area contributed by atoms with Crippen molar-refractivity contribution in [3.8, 4) is 0 Å². The van der Waals surface area contributed by atoms with E-state index < -0.39 is 0 Å². The highest BCUT2D eigenvalue weighted by Crippen LogP contribution is 2.38. The number of nitrogens with zero attached hydrogens (tertiary/aromatic N) is 2. The summed E-state index contributed by atoms with van der Waals surface area (Å²) in [5.41, 5.74) is 7.42. The van der Waals surface area contributed by atoms with Crippen molar-refractivity contribution in [1.82, 2.24) is 9.88 Å². The number of pyridine rings is 1. The first-order valence-electron chi connectivity index (χ1n) is 6.53.